The minimum Gasteiger partial charge on any atom is -0.330 e. The van der Waals surface area contributed by atoms with Crippen molar-refractivity contribution in [3.05, 3.63) is 41.7 Å². The van der Waals surface area contributed by atoms with Gasteiger partial charge in [-0.3, -0.25) is 0 Å². The third-order valence-corrected chi connectivity index (χ3v) is 2.55. The average molecular weight is 211 g/mol. The average Bonchev–Trinajstić information content (AvgIpc) is 2.77. The van der Waals surface area contributed by atoms with Crippen LogP contribution in [-0.2, 0) is 0 Å². The lowest BCUT2D eigenvalue weighted by Crippen LogP contribution is -1.87. The van der Waals surface area contributed by atoms with Crippen LogP contribution in [0.2, 0.25) is 0 Å². The zero-order valence-corrected chi connectivity index (χ0v) is 9.36. The van der Waals surface area contributed by atoms with Crippen LogP contribution in [0.25, 0.3) is 11.4 Å². The Hall–Kier alpha value is -2.08. The fourth-order valence-corrected chi connectivity index (χ4v) is 1.55. The van der Waals surface area contributed by atoms with Gasteiger partial charge in [-0.25, -0.2) is 4.98 Å². The number of H-pyrrole nitrogens is 1. The number of aromatic amines is 1. The molecular weight excluding hydrogens is 198 g/mol. The summed E-state index contributed by atoms with van der Waals surface area (Å²) in [6.45, 7) is 4.32. The van der Waals surface area contributed by atoms with Crippen molar-refractivity contribution in [2.75, 3.05) is 0 Å². The molecule has 0 spiro atoms. The molecular formula is C13H13N3. The number of aromatic nitrogens is 2. The standard InChI is InChI=1S/C13H13N3/c1-9(2)10-3-5-11(6-4-10)13-15-8-12(7-14)16-13/h3-6,8-9H,1-2H3,(H,15,16). The molecule has 1 aromatic carbocycles. The molecule has 0 saturated heterocycles. The number of benzene rings is 1. The van der Waals surface area contributed by atoms with E-state index in [2.05, 4.69) is 35.9 Å². The molecule has 2 rings (SSSR count). The van der Waals surface area contributed by atoms with Gasteiger partial charge in [-0.1, -0.05) is 38.1 Å². The topological polar surface area (TPSA) is 52.5 Å². The van der Waals surface area contributed by atoms with E-state index in [0.717, 1.165) is 11.4 Å². The third kappa shape index (κ3) is 1.96. The predicted octanol–water partition coefficient (Wildman–Crippen LogP) is 3.07. The highest BCUT2D eigenvalue weighted by atomic mass is 14.9. The summed E-state index contributed by atoms with van der Waals surface area (Å²) < 4.78 is 0. The number of imidazole rings is 1. The number of nitrogens with zero attached hydrogens (tertiary/aromatic N) is 2. The first-order valence-electron chi connectivity index (χ1n) is 5.26. The Labute approximate surface area is 94.8 Å². The van der Waals surface area contributed by atoms with Gasteiger partial charge in [0.25, 0.3) is 0 Å². The van der Waals surface area contributed by atoms with E-state index in [9.17, 15) is 0 Å². The lowest BCUT2D eigenvalue weighted by Gasteiger charge is -2.05. The maximum atomic E-state index is 8.69. The molecule has 1 heterocycles. The molecule has 0 aliphatic carbocycles. The van der Waals surface area contributed by atoms with Gasteiger partial charge in [0.15, 0.2) is 0 Å². The molecule has 16 heavy (non-hydrogen) atoms. The van der Waals surface area contributed by atoms with Crippen molar-refractivity contribution in [2.24, 2.45) is 0 Å². The van der Waals surface area contributed by atoms with E-state index in [1.807, 2.05) is 18.2 Å². The maximum Gasteiger partial charge on any atom is 0.138 e. The quantitative estimate of drug-likeness (QED) is 0.829. The summed E-state index contributed by atoms with van der Waals surface area (Å²) in [6, 6.07) is 10.3. The highest BCUT2D eigenvalue weighted by Gasteiger charge is 2.04. The van der Waals surface area contributed by atoms with Crippen LogP contribution in [0.5, 0.6) is 0 Å². The molecule has 0 atom stereocenters. The van der Waals surface area contributed by atoms with Crippen LogP contribution in [0.4, 0.5) is 0 Å². The van der Waals surface area contributed by atoms with E-state index in [1.165, 1.54) is 5.56 Å². The van der Waals surface area contributed by atoms with Crippen LogP contribution in [0.1, 0.15) is 31.0 Å². The Kier molecular flexibility index (Phi) is 2.74. The summed E-state index contributed by atoms with van der Waals surface area (Å²) in [4.78, 5) is 7.11. The largest absolute Gasteiger partial charge is 0.330 e. The molecule has 0 unspecified atom stereocenters. The summed E-state index contributed by atoms with van der Waals surface area (Å²) in [5.74, 6) is 1.27. The Morgan fingerprint density at radius 2 is 1.94 bits per heavy atom. The molecule has 0 saturated carbocycles. The molecule has 80 valence electrons. The monoisotopic (exact) mass is 211 g/mol. The van der Waals surface area contributed by atoms with Gasteiger partial charge in [-0.05, 0) is 11.5 Å². The molecule has 3 nitrogen and oxygen atoms in total. The molecule has 0 fully saturated rings. The minimum atomic E-state index is 0.489. The number of nitrogens with one attached hydrogen (secondary N) is 1. The van der Waals surface area contributed by atoms with Gasteiger partial charge in [0.05, 0.1) is 6.20 Å². The van der Waals surface area contributed by atoms with Gasteiger partial charge in [0.2, 0.25) is 0 Å². The van der Waals surface area contributed by atoms with E-state index in [1.54, 1.807) is 6.20 Å². The second kappa shape index (κ2) is 4.19. The summed E-state index contributed by atoms with van der Waals surface area (Å²) in [5.41, 5.74) is 2.80. The fourth-order valence-electron chi connectivity index (χ4n) is 1.55. The number of hydrogen-bond acceptors (Lipinski definition) is 2. The Morgan fingerprint density at radius 1 is 1.25 bits per heavy atom. The normalized spacial score (nSPS) is 10.4. The molecule has 0 amide bonds. The zero-order valence-electron chi connectivity index (χ0n) is 9.36. The Morgan fingerprint density at radius 3 is 2.44 bits per heavy atom. The minimum absolute atomic E-state index is 0.489. The van der Waals surface area contributed by atoms with Crippen molar-refractivity contribution in [3.63, 3.8) is 0 Å². The molecule has 1 N–H and O–H groups in total. The fraction of sp³-hybridized carbons (Fsp3) is 0.231. The lowest BCUT2D eigenvalue weighted by molar-refractivity contribution is 0.867. The van der Waals surface area contributed by atoms with Crippen LogP contribution in [0.3, 0.4) is 0 Å². The summed E-state index contributed by atoms with van der Waals surface area (Å²) in [7, 11) is 0. The van der Waals surface area contributed by atoms with Crippen molar-refractivity contribution in [2.45, 2.75) is 19.8 Å². The molecule has 0 aliphatic rings. The first kappa shape index (κ1) is 10.4. The van der Waals surface area contributed by atoms with E-state index in [4.69, 9.17) is 5.26 Å². The van der Waals surface area contributed by atoms with Crippen LogP contribution < -0.4 is 0 Å². The highest BCUT2D eigenvalue weighted by molar-refractivity contribution is 5.56. The maximum absolute atomic E-state index is 8.69. The highest BCUT2D eigenvalue weighted by Crippen LogP contribution is 2.20. The summed E-state index contributed by atoms with van der Waals surface area (Å²) in [6.07, 6.45) is 1.55. The van der Waals surface area contributed by atoms with Crippen molar-refractivity contribution >= 4 is 0 Å². The molecule has 2 aromatic rings. The zero-order chi connectivity index (χ0) is 11.5. The Balaban J connectivity index is 2.31. The molecule has 0 radical (unpaired) electrons. The van der Waals surface area contributed by atoms with Crippen LogP contribution in [0, 0.1) is 11.3 Å². The van der Waals surface area contributed by atoms with Crippen LogP contribution >= 0.6 is 0 Å². The summed E-state index contributed by atoms with van der Waals surface area (Å²) >= 11 is 0. The predicted molar refractivity (Wildman–Crippen MR) is 62.8 cm³/mol. The first-order chi connectivity index (χ1) is 7.70. The van der Waals surface area contributed by atoms with E-state index in [-0.39, 0.29) is 0 Å². The number of nitriles is 1. The third-order valence-electron chi connectivity index (χ3n) is 2.55. The van der Waals surface area contributed by atoms with Gasteiger partial charge in [-0.2, -0.15) is 5.26 Å². The van der Waals surface area contributed by atoms with E-state index >= 15 is 0 Å². The van der Waals surface area contributed by atoms with Crippen LogP contribution in [0.15, 0.2) is 30.5 Å². The lowest BCUT2D eigenvalue weighted by atomic mass is 10.0. The van der Waals surface area contributed by atoms with Crippen LogP contribution in [-0.4, -0.2) is 9.97 Å². The van der Waals surface area contributed by atoms with Crippen molar-refractivity contribution in [3.8, 4) is 17.5 Å². The number of rotatable bonds is 2. The SMILES string of the molecule is CC(C)c1ccc(-c2ncc(C#N)[nH]2)cc1. The second-order valence-electron chi connectivity index (χ2n) is 4.03. The van der Waals surface area contributed by atoms with E-state index < -0.39 is 0 Å². The van der Waals surface area contributed by atoms with Crippen molar-refractivity contribution < 1.29 is 0 Å². The summed E-state index contributed by atoms with van der Waals surface area (Å²) in [5, 5.41) is 8.69. The first-order valence-corrected chi connectivity index (χ1v) is 5.26. The van der Waals surface area contributed by atoms with Gasteiger partial charge in [-0.15, -0.1) is 0 Å². The second-order valence-corrected chi connectivity index (χ2v) is 4.03. The number of hydrogen-bond donors (Lipinski definition) is 1. The molecule has 0 bridgehead atoms. The smallest absolute Gasteiger partial charge is 0.138 e. The van der Waals surface area contributed by atoms with Gasteiger partial charge < -0.3 is 4.98 Å². The molecule has 3 heteroatoms. The molecule has 0 aliphatic heterocycles. The van der Waals surface area contributed by atoms with E-state index in [0.29, 0.717) is 11.6 Å². The van der Waals surface area contributed by atoms with Crippen molar-refractivity contribution in [1.29, 1.82) is 5.26 Å². The van der Waals surface area contributed by atoms with Gasteiger partial charge >= 0.3 is 0 Å². The Bertz CT molecular complexity index is 515. The van der Waals surface area contributed by atoms with Gasteiger partial charge in [0, 0.05) is 5.56 Å². The molecule has 1 aromatic heterocycles. The van der Waals surface area contributed by atoms with Crippen molar-refractivity contribution in [1.82, 2.24) is 9.97 Å². The van der Waals surface area contributed by atoms with Gasteiger partial charge in [0.1, 0.15) is 17.6 Å².